The molecule has 0 saturated carbocycles. The first-order chi connectivity index (χ1) is 15.1. The fraction of sp³-hybridized carbons (Fsp3) is 0.160. The number of benzene rings is 2. The standard InChI is InChI=1S/C25H24N4O2/c1-2-20(30)15-27-25(31)29-23-14-19-13-21(17-9-5-3-6-10-17)24(28-22(19)16-26-23)18-11-7-4-8-12-18/h3-14,16,20,30H,2,15H2,1H3,(H2,26,27,29,31)/t20-/m1/s1. The Bertz CT molecular complexity index is 1180. The van der Waals surface area contributed by atoms with Gasteiger partial charge in [0.1, 0.15) is 5.82 Å². The number of fused-ring (bicyclic) bond motifs is 1. The first-order valence-corrected chi connectivity index (χ1v) is 10.3. The molecule has 1 atom stereocenters. The average Bonchev–Trinajstić information content (AvgIpc) is 2.82. The number of carbonyl (C=O) groups excluding carboxylic acids is 1. The molecule has 0 aliphatic heterocycles. The molecule has 4 aromatic rings. The third-order valence-corrected chi connectivity index (χ3v) is 5.04. The number of hydrogen-bond acceptors (Lipinski definition) is 4. The van der Waals surface area contributed by atoms with Crippen LogP contribution < -0.4 is 10.6 Å². The molecule has 0 bridgehead atoms. The fourth-order valence-electron chi connectivity index (χ4n) is 3.31. The maximum atomic E-state index is 12.1. The van der Waals surface area contributed by atoms with Crippen LogP contribution in [-0.4, -0.2) is 33.8 Å². The maximum Gasteiger partial charge on any atom is 0.320 e. The van der Waals surface area contributed by atoms with E-state index >= 15 is 0 Å². The number of aliphatic hydroxyl groups excluding tert-OH is 1. The average molecular weight is 412 g/mol. The molecule has 4 rings (SSSR count). The van der Waals surface area contributed by atoms with E-state index < -0.39 is 12.1 Å². The summed E-state index contributed by atoms with van der Waals surface area (Å²) in [5.41, 5.74) is 4.72. The van der Waals surface area contributed by atoms with Crippen molar-refractivity contribution in [3.8, 4) is 22.4 Å². The van der Waals surface area contributed by atoms with Crippen molar-refractivity contribution in [2.75, 3.05) is 11.9 Å². The summed E-state index contributed by atoms with van der Waals surface area (Å²) >= 11 is 0. The zero-order valence-corrected chi connectivity index (χ0v) is 17.2. The second-order valence-electron chi connectivity index (χ2n) is 7.28. The summed E-state index contributed by atoms with van der Waals surface area (Å²) in [7, 11) is 0. The van der Waals surface area contributed by atoms with E-state index in [1.165, 1.54) is 0 Å². The second kappa shape index (κ2) is 9.36. The van der Waals surface area contributed by atoms with Crippen LogP contribution in [0.15, 0.2) is 79.0 Å². The van der Waals surface area contributed by atoms with Gasteiger partial charge < -0.3 is 10.4 Å². The van der Waals surface area contributed by atoms with Gasteiger partial charge in [0.15, 0.2) is 0 Å². The Morgan fingerprint density at radius 2 is 1.68 bits per heavy atom. The lowest BCUT2D eigenvalue weighted by atomic mass is 9.98. The quantitative estimate of drug-likeness (QED) is 0.422. The highest BCUT2D eigenvalue weighted by Crippen LogP contribution is 2.33. The number of nitrogens with zero attached hydrogens (tertiary/aromatic N) is 2. The van der Waals surface area contributed by atoms with Gasteiger partial charge in [0.2, 0.25) is 0 Å². The number of rotatable bonds is 6. The first kappa shape index (κ1) is 20.5. The van der Waals surface area contributed by atoms with Crippen LogP contribution in [0.3, 0.4) is 0 Å². The number of carbonyl (C=O) groups is 1. The van der Waals surface area contributed by atoms with Gasteiger partial charge in [0, 0.05) is 23.1 Å². The molecule has 6 nitrogen and oxygen atoms in total. The molecule has 2 aromatic heterocycles. The van der Waals surface area contributed by atoms with E-state index in [4.69, 9.17) is 4.98 Å². The van der Waals surface area contributed by atoms with E-state index in [0.29, 0.717) is 12.2 Å². The molecule has 0 aliphatic rings. The fourth-order valence-corrected chi connectivity index (χ4v) is 3.31. The summed E-state index contributed by atoms with van der Waals surface area (Å²) in [6.45, 7) is 2.05. The number of anilines is 1. The molecule has 2 heterocycles. The van der Waals surface area contributed by atoms with Gasteiger partial charge in [0.25, 0.3) is 0 Å². The van der Waals surface area contributed by atoms with E-state index in [0.717, 1.165) is 33.3 Å². The van der Waals surface area contributed by atoms with E-state index in [2.05, 4.69) is 33.8 Å². The van der Waals surface area contributed by atoms with Crippen molar-refractivity contribution in [3.05, 3.63) is 79.0 Å². The van der Waals surface area contributed by atoms with Crippen LogP contribution in [0.5, 0.6) is 0 Å². The van der Waals surface area contributed by atoms with Crippen LogP contribution in [0.25, 0.3) is 33.3 Å². The SMILES string of the molecule is CC[C@@H](O)CNC(=O)Nc1cc2cc(-c3ccccc3)c(-c3ccccc3)nc2cn1. The molecule has 0 aliphatic carbocycles. The number of aromatic nitrogens is 2. The minimum Gasteiger partial charge on any atom is -0.391 e. The van der Waals surface area contributed by atoms with Crippen LogP contribution in [0.1, 0.15) is 13.3 Å². The Hall–Kier alpha value is -3.77. The Kier molecular flexibility index (Phi) is 6.19. The number of urea groups is 1. The minimum absolute atomic E-state index is 0.191. The number of pyridine rings is 2. The van der Waals surface area contributed by atoms with Gasteiger partial charge in [-0.15, -0.1) is 0 Å². The molecule has 3 N–H and O–H groups in total. The van der Waals surface area contributed by atoms with Crippen molar-refractivity contribution in [3.63, 3.8) is 0 Å². The molecule has 2 amide bonds. The highest BCUT2D eigenvalue weighted by Gasteiger charge is 2.13. The zero-order valence-electron chi connectivity index (χ0n) is 17.2. The highest BCUT2D eigenvalue weighted by molar-refractivity contribution is 5.94. The van der Waals surface area contributed by atoms with Crippen LogP contribution in [0.4, 0.5) is 10.6 Å². The van der Waals surface area contributed by atoms with Crippen LogP contribution in [-0.2, 0) is 0 Å². The molecule has 6 heteroatoms. The van der Waals surface area contributed by atoms with Crippen LogP contribution in [0, 0.1) is 0 Å². The monoisotopic (exact) mass is 412 g/mol. The van der Waals surface area contributed by atoms with E-state index in [-0.39, 0.29) is 6.54 Å². The summed E-state index contributed by atoms with van der Waals surface area (Å²) in [5, 5.41) is 15.8. The van der Waals surface area contributed by atoms with Crippen molar-refractivity contribution < 1.29 is 9.90 Å². The predicted molar refractivity (Wildman–Crippen MR) is 124 cm³/mol. The molecule has 31 heavy (non-hydrogen) atoms. The number of hydrogen-bond donors (Lipinski definition) is 3. The predicted octanol–water partition coefficient (Wildman–Crippen LogP) is 4.86. The van der Waals surface area contributed by atoms with E-state index in [1.807, 2.05) is 55.5 Å². The number of amides is 2. The second-order valence-corrected chi connectivity index (χ2v) is 7.28. The summed E-state index contributed by atoms with van der Waals surface area (Å²) in [4.78, 5) is 21.3. The van der Waals surface area contributed by atoms with E-state index in [1.54, 1.807) is 12.3 Å². The molecule has 0 radical (unpaired) electrons. The van der Waals surface area contributed by atoms with Crippen LogP contribution in [0.2, 0.25) is 0 Å². The maximum absolute atomic E-state index is 12.1. The Morgan fingerprint density at radius 1 is 1.00 bits per heavy atom. The van der Waals surface area contributed by atoms with Gasteiger partial charge in [-0.2, -0.15) is 0 Å². The van der Waals surface area contributed by atoms with Crippen molar-refractivity contribution in [2.45, 2.75) is 19.4 Å². The van der Waals surface area contributed by atoms with Crippen molar-refractivity contribution in [1.82, 2.24) is 15.3 Å². The van der Waals surface area contributed by atoms with Gasteiger partial charge in [-0.05, 0) is 24.1 Å². The van der Waals surface area contributed by atoms with Crippen molar-refractivity contribution in [1.29, 1.82) is 0 Å². The summed E-state index contributed by atoms with van der Waals surface area (Å²) < 4.78 is 0. The Labute approximate surface area is 181 Å². The third-order valence-electron chi connectivity index (χ3n) is 5.04. The minimum atomic E-state index is -0.565. The van der Waals surface area contributed by atoms with Gasteiger partial charge in [-0.3, -0.25) is 5.32 Å². The Morgan fingerprint density at radius 3 is 2.35 bits per heavy atom. The first-order valence-electron chi connectivity index (χ1n) is 10.3. The largest absolute Gasteiger partial charge is 0.391 e. The van der Waals surface area contributed by atoms with Gasteiger partial charge in [-0.25, -0.2) is 14.8 Å². The molecule has 0 saturated heterocycles. The summed E-state index contributed by atoms with van der Waals surface area (Å²) in [5.74, 6) is 0.421. The molecule has 156 valence electrons. The van der Waals surface area contributed by atoms with Crippen molar-refractivity contribution >= 4 is 22.8 Å². The molecule has 0 fully saturated rings. The molecular weight excluding hydrogens is 388 g/mol. The topological polar surface area (TPSA) is 87.1 Å². The van der Waals surface area contributed by atoms with Crippen molar-refractivity contribution in [2.24, 2.45) is 0 Å². The van der Waals surface area contributed by atoms with Gasteiger partial charge in [-0.1, -0.05) is 67.6 Å². The summed E-state index contributed by atoms with van der Waals surface area (Å²) in [6, 6.07) is 23.6. The lowest BCUT2D eigenvalue weighted by Gasteiger charge is -2.13. The third kappa shape index (κ3) is 4.87. The zero-order chi connectivity index (χ0) is 21.6. The lowest BCUT2D eigenvalue weighted by Crippen LogP contribution is -2.35. The molecule has 2 aromatic carbocycles. The van der Waals surface area contributed by atoms with E-state index in [9.17, 15) is 9.90 Å². The highest BCUT2D eigenvalue weighted by atomic mass is 16.3. The normalized spacial score (nSPS) is 11.8. The Balaban J connectivity index is 1.70. The summed E-state index contributed by atoms with van der Waals surface area (Å²) in [6.07, 6.45) is 1.67. The molecule has 0 unspecified atom stereocenters. The number of nitrogens with one attached hydrogen (secondary N) is 2. The molecular formula is C25H24N4O2. The van der Waals surface area contributed by atoms with Crippen LogP contribution >= 0.6 is 0 Å². The molecule has 0 spiro atoms. The smallest absolute Gasteiger partial charge is 0.320 e. The van der Waals surface area contributed by atoms with Gasteiger partial charge in [0.05, 0.1) is 23.5 Å². The van der Waals surface area contributed by atoms with Gasteiger partial charge >= 0.3 is 6.03 Å². The lowest BCUT2D eigenvalue weighted by molar-refractivity contribution is 0.168. The number of aliphatic hydroxyl groups is 1.